The summed E-state index contributed by atoms with van der Waals surface area (Å²) in [5.74, 6) is 0. The predicted octanol–water partition coefficient (Wildman–Crippen LogP) is 3.74. The zero-order valence-corrected chi connectivity index (χ0v) is 15.5. The molecule has 1 heterocycles. The van der Waals surface area contributed by atoms with Gasteiger partial charge in [-0.15, -0.1) is 0 Å². The average Bonchev–Trinajstić information content (AvgIpc) is 2.75. The molecule has 29 heavy (non-hydrogen) atoms. The van der Waals surface area contributed by atoms with E-state index in [1.807, 2.05) is 24.3 Å². The highest BCUT2D eigenvalue weighted by Crippen LogP contribution is 2.30. The van der Waals surface area contributed by atoms with Gasteiger partial charge in [-0.1, -0.05) is 36.4 Å². The molecule has 0 saturated carbocycles. The normalized spacial score (nSPS) is 11.6. The smallest absolute Gasteiger partial charge is 0.196 e. The van der Waals surface area contributed by atoms with Crippen LogP contribution in [-0.2, 0) is 0 Å². The van der Waals surface area contributed by atoms with E-state index in [0.717, 1.165) is 5.52 Å². The lowest BCUT2D eigenvalue weighted by molar-refractivity contribution is 0.292. The average molecular weight is 386 g/mol. The van der Waals surface area contributed by atoms with Crippen LogP contribution in [-0.4, -0.2) is 23.2 Å². The number of anilines is 1. The molecule has 5 rings (SSSR count). The number of hydrogen-bond donors (Lipinski definition) is 3. The van der Waals surface area contributed by atoms with Crippen LogP contribution in [0, 0.1) is 0 Å². The van der Waals surface area contributed by atoms with Crippen molar-refractivity contribution in [3.8, 4) is 0 Å². The lowest BCUT2D eigenvalue weighted by atomic mass is 9.99. The summed E-state index contributed by atoms with van der Waals surface area (Å²) in [4.78, 5) is 30.0. The van der Waals surface area contributed by atoms with Crippen molar-refractivity contribution >= 4 is 49.4 Å². The van der Waals surface area contributed by atoms with Gasteiger partial charge in [0.2, 0.25) is 0 Å². The maximum atomic E-state index is 13.4. The molecule has 4 aromatic carbocycles. The molecule has 0 saturated heterocycles. The number of rotatable bonds is 4. The van der Waals surface area contributed by atoms with Crippen LogP contribution in [0.1, 0.15) is 6.42 Å². The van der Waals surface area contributed by atoms with Gasteiger partial charge in [-0.05, 0) is 18.6 Å². The minimum Gasteiger partial charge on any atom is -0.453 e. The molecule has 0 bridgehead atoms. The van der Waals surface area contributed by atoms with E-state index in [4.69, 9.17) is 9.52 Å². The van der Waals surface area contributed by atoms with Crippen LogP contribution in [0.25, 0.3) is 43.7 Å². The third-order valence-corrected chi connectivity index (χ3v) is 5.18. The number of aromatic amines is 1. The topological polar surface area (TPSA) is 95.3 Å². The van der Waals surface area contributed by atoms with Crippen molar-refractivity contribution in [3.05, 3.63) is 75.0 Å². The molecule has 0 atom stereocenters. The molecule has 0 aliphatic rings. The predicted molar refractivity (Wildman–Crippen MR) is 116 cm³/mol. The Hall–Kier alpha value is -3.64. The first-order chi connectivity index (χ1) is 14.2. The van der Waals surface area contributed by atoms with Crippen molar-refractivity contribution in [3.63, 3.8) is 0 Å². The van der Waals surface area contributed by atoms with Crippen LogP contribution in [0.4, 0.5) is 5.69 Å². The van der Waals surface area contributed by atoms with E-state index in [0.29, 0.717) is 56.9 Å². The largest absolute Gasteiger partial charge is 0.453 e. The Balaban J connectivity index is 2.00. The first-order valence-corrected chi connectivity index (χ1v) is 9.47. The van der Waals surface area contributed by atoms with Crippen molar-refractivity contribution in [2.45, 2.75) is 6.42 Å². The summed E-state index contributed by atoms with van der Waals surface area (Å²) in [6, 6.07) is 16.0. The summed E-state index contributed by atoms with van der Waals surface area (Å²) in [7, 11) is 0. The molecule has 3 N–H and O–H groups in total. The minimum atomic E-state index is -0.215. The Labute approximate surface area is 164 Å². The van der Waals surface area contributed by atoms with Gasteiger partial charge in [0.1, 0.15) is 0 Å². The number of para-hydroxylation sites is 2. The first-order valence-electron chi connectivity index (χ1n) is 9.47. The van der Waals surface area contributed by atoms with Crippen LogP contribution in [0.3, 0.4) is 0 Å². The van der Waals surface area contributed by atoms with Gasteiger partial charge in [0.15, 0.2) is 22.0 Å². The van der Waals surface area contributed by atoms with Crippen molar-refractivity contribution in [2.75, 3.05) is 18.5 Å². The summed E-state index contributed by atoms with van der Waals surface area (Å²) in [6.45, 7) is 0.496. The molecule has 6 nitrogen and oxygen atoms in total. The molecule has 0 amide bonds. The van der Waals surface area contributed by atoms with Crippen LogP contribution in [0.15, 0.2) is 68.6 Å². The Morgan fingerprint density at radius 2 is 1.59 bits per heavy atom. The lowest BCUT2D eigenvalue weighted by Crippen LogP contribution is -2.16. The van der Waals surface area contributed by atoms with Crippen molar-refractivity contribution in [1.29, 1.82) is 0 Å². The van der Waals surface area contributed by atoms with Gasteiger partial charge in [-0.25, -0.2) is 0 Å². The van der Waals surface area contributed by atoms with Gasteiger partial charge < -0.3 is 19.8 Å². The first kappa shape index (κ1) is 17.5. The van der Waals surface area contributed by atoms with E-state index in [-0.39, 0.29) is 17.5 Å². The fourth-order valence-electron chi connectivity index (χ4n) is 3.83. The molecule has 0 aliphatic carbocycles. The second-order valence-corrected chi connectivity index (χ2v) is 6.98. The standard InChI is InChI=1S/C23H18N2O4/c26-11-5-10-24-16-12-18-21(25-15-8-3-4-9-17(15)29-18)20-19(16)22(27)13-6-1-2-7-14(13)23(20)28/h1-4,6-9,12,24-26H,5,10-11H2. The van der Waals surface area contributed by atoms with Crippen LogP contribution >= 0.6 is 0 Å². The van der Waals surface area contributed by atoms with Crippen molar-refractivity contribution < 1.29 is 9.52 Å². The van der Waals surface area contributed by atoms with E-state index in [9.17, 15) is 9.59 Å². The Kier molecular flexibility index (Phi) is 4.07. The summed E-state index contributed by atoms with van der Waals surface area (Å²) in [5.41, 5.74) is 2.48. The van der Waals surface area contributed by atoms with Gasteiger partial charge in [0.05, 0.1) is 21.8 Å². The molecular formula is C23H18N2O4. The molecule has 0 fully saturated rings. The Morgan fingerprint density at radius 1 is 0.897 bits per heavy atom. The Bertz CT molecular complexity index is 1520. The molecule has 0 aliphatic heterocycles. The van der Waals surface area contributed by atoms with Crippen LogP contribution in [0.5, 0.6) is 0 Å². The summed E-state index contributed by atoms with van der Waals surface area (Å²) in [5, 5.41) is 13.7. The molecular weight excluding hydrogens is 368 g/mol. The highest BCUT2D eigenvalue weighted by molar-refractivity contribution is 6.14. The third kappa shape index (κ3) is 2.68. The van der Waals surface area contributed by atoms with Gasteiger partial charge in [-0.2, -0.15) is 0 Å². The quantitative estimate of drug-likeness (QED) is 0.248. The molecule has 6 heteroatoms. The van der Waals surface area contributed by atoms with Gasteiger partial charge >= 0.3 is 0 Å². The minimum absolute atomic E-state index is 0.0290. The van der Waals surface area contributed by atoms with Crippen molar-refractivity contribution in [1.82, 2.24) is 4.98 Å². The second kappa shape index (κ2) is 6.76. The monoisotopic (exact) mass is 386 g/mol. The molecule has 0 spiro atoms. The summed E-state index contributed by atoms with van der Waals surface area (Å²) < 4.78 is 6.05. The zero-order chi connectivity index (χ0) is 20.0. The number of aliphatic hydroxyl groups is 1. The number of nitrogens with one attached hydrogen (secondary N) is 2. The fourth-order valence-corrected chi connectivity index (χ4v) is 3.83. The van der Waals surface area contributed by atoms with Gasteiger partial charge in [0.25, 0.3) is 0 Å². The second-order valence-electron chi connectivity index (χ2n) is 6.98. The highest BCUT2D eigenvalue weighted by atomic mass is 16.3. The summed E-state index contributed by atoms with van der Waals surface area (Å²) >= 11 is 0. The van der Waals surface area contributed by atoms with E-state index >= 15 is 0 Å². The number of hydrogen-bond acceptors (Lipinski definition) is 5. The maximum absolute atomic E-state index is 13.4. The van der Waals surface area contributed by atoms with Crippen molar-refractivity contribution in [2.24, 2.45) is 0 Å². The number of benzene rings is 4. The number of fused-ring (bicyclic) bond motifs is 5. The molecule has 144 valence electrons. The van der Waals surface area contributed by atoms with E-state index in [2.05, 4.69) is 10.3 Å². The van der Waals surface area contributed by atoms with E-state index in [1.165, 1.54) is 0 Å². The SMILES string of the molecule is O=c1c2ccccc2c(=O)c2c1c(NCCCO)cc1oc3ccccc3[nH]c12. The summed E-state index contributed by atoms with van der Waals surface area (Å²) in [6.07, 6.45) is 0.520. The molecule has 0 radical (unpaired) electrons. The number of aliphatic hydroxyl groups excluding tert-OH is 1. The van der Waals surface area contributed by atoms with Gasteiger partial charge in [-0.3, -0.25) is 9.59 Å². The number of H-pyrrole nitrogens is 1. The highest BCUT2D eigenvalue weighted by Gasteiger charge is 2.18. The fraction of sp³-hybridized carbons (Fsp3) is 0.130. The van der Waals surface area contributed by atoms with Crippen LogP contribution in [0.2, 0.25) is 0 Å². The lowest BCUT2D eigenvalue weighted by Gasteiger charge is -2.13. The number of aromatic nitrogens is 1. The zero-order valence-electron chi connectivity index (χ0n) is 15.5. The van der Waals surface area contributed by atoms with Gasteiger partial charge in [0, 0.05) is 35.7 Å². The molecule has 1 aromatic heterocycles. The van der Waals surface area contributed by atoms with Crippen LogP contribution < -0.4 is 16.2 Å². The third-order valence-electron chi connectivity index (χ3n) is 5.18. The Morgan fingerprint density at radius 3 is 2.34 bits per heavy atom. The molecule has 5 aromatic rings. The van der Waals surface area contributed by atoms with E-state index < -0.39 is 0 Å². The van der Waals surface area contributed by atoms with E-state index in [1.54, 1.807) is 30.3 Å². The molecule has 0 unspecified atom stereocenters. The maximum Gasteiger partial charge on any atom is 0.196 e.